The first-order valence-electron chi connectivity index (χ1n) is 3.31. The molecule has 0 amide bonds. The molecule has 0 aromatic heterocycles. The maximum absolute atomic E-state index is 10.2. The lowest BCUT2D eigenvalue weighted by Crippen LogP contribution is -2.34. The van der Waals surface area contributed by atoms with Crippen molar-refractivity contribution in [3.05, 3.63) is 5.43 Å². The molecule has 0 aromatic rings. The van der Waals surface area contributed by atoms with E-state index in [0.29, 0.717) is 0 Å². The first-order valence-corrected chi connectivity index (χ1v) is 3.31. The topological polar surface area (TPSA) is 64.5 Å². The van der Waals surface area contributed by atoms with E-state index in [1.54, 1.807) is 0 Å². The second-order valence-corrected chi connectivity index (χ2v) is 3.09. The molecule has 5 heteroatoms. The van der Waals surface area contributed by atoms with Gasteiger partial charge in [0, 0.05) is 6.92 Å². The van der Waals surface area contributed by atoms with Crippen LogP contribution in [0.4, 0.5) is 0 Å². The standard InChI is InChI=1S/C6H14N3O2/c1-5(10)11-9-8-7-6(2,3)4/h8-9H,1-4H3/q-1. The molecule has 0 rings (SSSR count). The van der Waals surface area contributed by atoms with Gasteiger partial charge in [0.1, 0.15) is 0 Å². The van der Waals surface area contributed by atoms with Gasteiger partial charge >= 0.3 is 5.97 Å². The van der Waals surface area contributed by atoms with Gasteiger partial charge in [-0.1, -0.05) is 20.8 Å². The molecule has 0 heterocycles. The normalized spacial score (nSPS) is 11.3. The van der Waals surface area contributed by atoms with Gasteiger partial charge in [-0.2, -0.15) is 0 Å². The van der Waals surface area contributed by atoms with Crippen molar-refractivity contribution in [1.82, 2.24) is 11.1 Å². The molecule has 0 aromatic carbocycles. The highest BCUT2D eigenvalue weighted by Crippen LogP contribution is 2.08. The first kappa shape index (κ1) is 10.3. The van der Waals surface area contributed by atoms with Crippen LogP contribution < -0.4 is 11.1 Å². The molecule has 5 nitrogen and oxygen atoms in total. The second-order valence-electron chi connectivity index (χ2n) is 3.09. The van der Waals surface area contributed by atoms with Crippen LogP contribution in [-0.2, 0) is 9.63 Å². The fraction of sp³-hybridized carbons (Fsp3) is 0.833. The van der Waals surface area contributed by atoms with E-state index in [1.165, 1.54) is 6.92 Å². The number of carbonyl (C=O) groups excluding carboxylic acids is 1. The molecule has 0 aliphatic rings. The largest absolute Gasteiger partial charge is 0.575 e. The Kier molecular flexibility index (Phi) is 4.02. The molecule has 0 aliphatic heterocycles. The summed E-state index contributed by atoms with van der Waals surface area (Å²) in [6.07, 6.45) is 0. The summed E-state index contributed by atoms with van der Waals surface area (Å²) in [6, 6.07) is 0. The SMILES string of the molecule is CC(=O)ONN[N-]C(C)(C)C. The summed E-state index contributed by atoms with van der Waals surface area (Å²) in [6.45, 7) is 7.03. The minimum atomic E-state index is -0.415. The minimum Gasteiger partial charge on any atom is -0.575 e. The third-order valence-electron chi connectivity index (χ3n) is 0.632. The number of carbonyl (C=O) groups is 1. The van der Waals surface area contributed by atoms with E-state index < -0.39 is 5.97 Å². The molecule has 0 radical (unpaired) electrons. The highest BCUT2D eigenvalue weighted by molar-refractivity contribution is 5.65. The van der Waals surface area contributed by atoms with Crippen LogP contribution in [0.25, 0.3) is 5.43 Å². The molecular formula is C6H14N3O2-. The minimum absolute atomic E-state index is 0.201. The summed E-state index contributed by atoms with van der Waals surface area (Å²) in [5.41, 5.74) is 8.25. The van der Waals surface area contributed by atoms with E-state index in [2.05, 4.69) is 21.4 Å². The maximum Gasteiger partial charge on any atom is 0.323 e. The third kappa shape index (κ3) is 9.35. The third-order valence-corrected chi connectivity index (χ3v) is 0.632. The average Bonchev–Trinajstić information content (AvgIpc) is 1.78. The average molecular weight is 160 g/mol. The van der Waals surface area contributed by atoms with Crippen LogP contribution in [0.3, 0.4) is 0 Å². The van der Waals surface area contributed by atoms with Gasteiger partial charge in [-0.05, 0) is 0 Å². The van der Waals surface area contributed by atoms with Gasteiger partial charge in [-0.25, -0.2) is 0 Å². The molecular weight excluding hydrogens is 146 g/mol. The van der Waals surface area contributed by atoms with Crippen molar-refractivity contribution >= 4 is 5.97 Å². The van der Waals surface area contributed by atoms with Crippen LogP contribution in [0.5, 0.6) is 0 Å². The van der Waals surface area contributed by atoms with Crippen molar-refractivity contribution < 1.29 is 9.63 Å². The van der Waals surface area contributed by atoms with Crippen molar-refractivity contribution in [3.63, 3.8) is 0 Å². The number of rotatable bonds is 3. The van der Waals surface area contributed by atoms with Gasteiger partial charge in [-0.15, -0.1) is 11.1 Å². The van der Waals surface area contributed by atoms with Crippen molar-refractivity contribution in [1.29, 1.82) is 0 Å². The number of hydrazine groups is 1. The molecule has 0 saturated carbocycles. The van der Waals surface area contributed by atoms with Gasteiger partial charge in [0.2, 0.25) is 0 Å². The van der Waals surface area contributed by atoms with Gasteiger partial charge in [-0.3, -0.25) is 4.79 Å². The van der Waals surface area contributed by atoms with Crippen molar-refractivity contribution in [2.75, 3.05) is 0 Å². The van der Waals surface area contributed by atoms with E-state index in [4.69, 9.17) is 0 Å². The number of nitrogens with one attached hydrogen (secondary N) is 2. The Morgan fingerprint density at radius 3 is 2.36 bits per heavy atom. The fourth-order valence-electron chi connectivity index (χ4n) is 0.285. The van der Waals surface area contributed by atoms with Gasteiger partial charge in [0.15, 0.2) is 0 Å². The lowest BCUT2D eigenvalue weighted by molar-refractivity contribution is -0.150. The van der Waals surface area contributed by atoms with Gasteiger partial charge < -0.3 is 15.8 Å². The Hall–Kier alpha value is -0.650. The van der Waals surface area contributed by atoms with Crippen LogP contribution >= 0.6 is 0 Å². The Morgan fingerprint density at radius 1 is 1.45 bits per heavy atom. The highest BCUT2D eigenvalue weighted by Gasteiger charge is 1.94. The van der Waals surface area contributed by atoms with Crippen molar-refractivity contribution in [2.24, 2.45) is 0 Å². The lowest BCUT2D eigenvalue weighted by atomic mass is 10.1. The monoisotopic (exact) mass is 160 g/mol. The smallest absolute Gasteiger partial charge is 0.323 e. The van der Waals surface area contributed by atoms with Crippen molar-refractivity contribution in [3.8, 4) is 0 Å². The number of nitrogens with zero attached hydrogens (tertiary/aromatic N) is 1. The molecule has 0 atom stereocenters. The quantitative estimate of drug-likeness (QED) is 0.470. The molecule has 0 bridgehead atoms. The second kappa shape index (κ2) is 4.27. The zero-order chi connectivity index (χ0) is 8.91. The maximum atomic E-state index is 10.2. The molecule has 11 heavy (non-hydrogen) atoms. The van der Waals surface area contributed by atoms with E-state index in [9.17, 15) is 4.79 Å². The molecule has 0 saturated heterocycles. The zero-order valence-electron chi connectivity index (χ0n) is 7.26. The molecule has 0 unspecified atom stereocenters. The van der Waals surface area contributed by atoms with Crippen LogP contribution in [0.15, 0.2) is 0 Å². The molecule has 66 valence electrons. The summed E-state index contributed by atoms with van der Waals surface area (Å²) < 4.78 is 0. The molecule has 0 fully saturated rings. The summed E-state index contributed by atoms with van der Waals surface area (Å²) in [4.78, 5) is 14.5. The molecule has 2 N–H and O–H groups in total. The van der Waals surface area contributed by atoms with Crippen LogP contribution in [-0.4, -0.2) is 11.5 Å². The predicted molar refractivity (Wildman–Crippen MR) is 41.1 cm³/mol. The van der Waals surface area contributed by atoms with Crippen LogP contribution in [0.2, 0.25) is 0 Å². The number of hydrogen-bond acceptors (Lipinski definition) is 4. The fourth-order valence-corrected chi connectivity index (χ4v) is 0.285. The van der Waals surface area contributed by atoms with E-state index in [-0.39, 0.29) is 5.54 Å². The Labute approximate surface area is 66.4 Å². The molecule has 0 aliphatic carbocycles. The van der Waals surface area contributed by atoms with Crippen LogP contribution in [0.1, 0.15) is 27.7 Å². The zero-order valence-corrected chi connectivity index (χ0v) is 7.26. The first-order chi connectivity index (χ1) is 4.92. The van der Waals surface area contributed by atoms with E-state index in [1.807, 2.05) is 20.8 Å². The number of hydrogen-bond donors (Lipinski definition) is 2. The van der Waals surface area contributed by atoms with Crippen molar-refractivity contribution in [2.45, 2.75) is 33.2 Å². The van der Waals surface area contributed by atoms with Gasteiger partial charge in [0.05, 0.1) is 0 Å². The van der Waals surface area contributed by atoms with E-state index in [0.717, 1.165) is 0 Å². The Bertz CT molecular complexity index is 130. The summed E-state index contributed by atoms with van der Waals surface area (Å²) in [5.74, 6) is -0.415. The Balaban J connectivity index is 3.22. The summed E-state index contributed by atoms with van der Waals surface area (Å²) in [5, 5.41) is 0. The lowest BCUT2D eigenvalue weighted by Gasteiger charge is -2.36. The summed E-state index contributed by atoms with van der Waals surface area (Å²) >= 11 is 0. The highest BCUT2D eigenvalue weighted by atomic mass is 16.7. The van der Waals surface area contributed by atoms with E-state index >= 15 is 0 Å². The predicted octanol–water partition coefficient (Wildman–Crippen LogP) is 0.646. The summed E-state index contributed by atoms with van der Waals surface area (Å²) in [7, 11) is 0. The van der Waals surface area contributed by atoms with Crippen LogP contribution in [0, 0.1) is 0 Å². The molecule has 0 spiro atoms. The van der Waals surface area contributed by atoms with Gasteiger partial charge in [0.25, 0.3) is 0 Å². The Morgan fingerprint density at radius 2 is 2.00 bits per heavy atom.